The number of aromatic nitrogens is 1. The Balaban J connectivity index is 2.12. The predicted molar refractivity (Wildman–Crippen MR) is 85.2 cm³/mol. The van der Waals surface area contributed by atoms with Crippen LogP contribution in [0.5, 0.6) is 0 Å². The van der Waals surface area contributed by atoms with Crippen LogP contribution in [0.3, 0.4) is 0 Å². The van der Waals surface area contributed by atoms with Gasteiger partial charge < -0.3 is 19.9 Å². The van der Waals surface area contributed by atoms with Gasteiger partial charge in [0.15, 0.2) is 0 Å². The Morgan fingerprint density at radius 3 is 2.76 bits per heavy atom. The third-order valence-corrected chi connectivity index (χ3v) is 3.36. The molecule has 0 fully saturated rings. The first kappa shape index (κ1) is 15.3. The van der Waals surface area contributed by atoms with Crippen molar-refractivity contribution < 1.29 is 9.53 Å². The van der Waals surface area contributed by atoms with E-state index in [9.17, 15) is 4.79 Å². The fraction of sp³-hybridized carbons (Fsp3) is 0.267. The fourth-order valence-corrected chi connectivity index (χ4v) is 2.42. The highest BCUT2D eigenvalue weighted by molar-refractivity contribution is 6.34. The van der Waals surface area contributed by atoms with Crippen molar-refractivity contribution >= 4 is 28.9 Å². The van der Waals surface area contributed by atoms with Crippen molar-refractivity contribution in [2.75, 3.05) is 31.4 Å². The number of esters is 1. The van der Waals surface area contributed by atoms with Crippen molar-refractivity contribution in [3.63, 3.8) is 0 Å². The molecule has 2 rings (SSSR count). The first-order valence-electron chi connectivity index (χ1n) is 6.49. The van der Waals surface area contributed by atoms with Crippen LogP contribution in [-0.2, 0) is 11.3 Å². The molecule has 1 heterocycles. The van der Waals surface area contributed by atoms with Crippen LogP contribution in [0.2, 0.25) is 5.02 Å². The van der Waals surface area contributed by atoms with E-state index in [1.807, 2.05) is 43.3 Å². The predicted octanol–water partition coefficient (Wildman–Crippen LogP) is 3.13. The van der Waals surface area contributed by atoms with Gasteiger partial charge in [0.05, 0.1) is 30.1 Å². The van der Waals surface area contributed by atoms with E-state index in [-0.39, 0.29) is 5.97 Å². The van der Waals surface area contributed by atoms with Gasteiger partial charge in [-0.3, -0.25) is 0 Å². The van der Waals surface area contributed by atoms with Crippen molar-refractivity contribution in [2.24, 2.45) is 0 Å². The molecule has 1 aromatic heterocycles. The molecule has 5 nitrogen and oxygen atoms in total. The molecule has 0 spiro atoms. The molecule has 0 unspecified atom stereocenters. The van der Waals surface area contributed by atoms with Crippen LogP contribution in [0, 0.1) is 0 Å². The van der Waals surface area contributed by atoms with Crippen LogP contribution in [0.4, 0.5) is 11.4 Å². The highest BCUT2D eigenvalue weighted by Crippen LogP contribution is 2.32. The Hall–Kier alpha value is -2.14. The quantitative estimate of drug-likeness (QED) is 0.833. The van der Waals surface area contributed by atoms with E-state index >= 15 is 0 Å². The highest BCUT2D eigenvalue weighted by Gasteiger charge is 2.10. The average Bonchev–Trinajstić information content (AvgIpc) is 2.92. The Bertz CT molecular complexity index is 638. The van der Waals surface area contributed by atoms with Gasteiger partial charge in [-0.25, -0.2) is 4.79 Å². The number of aromatic amines is 1. The Kier molecular flexibility index (Phi) is 4.75. The van der Waals surface area contributed by atoms with Crippen LogP contribution in [0.25, 0.3) is 0 Å². The molecule has 1 aromatic carbocycles. The van der Waals surface area contributed by atoms with Crippen molar-refractivity contribution in [3.05, 3.63) is 46.7 Å². The van der Waals surface area contributed by atoms with Gasteiger partial charge in [0.1, 0.15) is 5.69 Å². The number of benzene rings is 1. The summed E-state index contributed by atoms with van der Waals surface area (Å²) >= 11 is 6.22. The number of carbonyl (C=O) groups is 1. The lowest BCUT2D eigenvalue weighted by Gasteiger charge is -2.19. The molecule has 0 aliphatic carbocycles. The van der Waals surface area contributed by atoms with Crippen molar-refractivity contribution in [2.45, 2.75) is 6.54 Å². The van der Waals surface area contributed by atoms with Crippen molar-refractivity contribution in [1.82, 2.24) is 4.98 Å². The maximum Gasteiger partial charge on any atom is 0.354 e. The summed E-state index contributed by atoms with van der Waals surface area (Å²) in [5, 5.41) is 4.00. The van der Waals surface area contributed by atoms with Crippen LogP contribution < -0.4 is 10.2 Å². The normalized spacial score (nSPS) is 10.3. The summed E-state index contributed by atoms with van der Waals surface area (Å²) < 4.78 is 4.66. The molecule has 21 heavy (non-hydrogen) atoms. The van der Waals surface area contributed by atoms with E-state index in [0.29, 0.717) is 17.3 Å². The third-order valence-electron chi connectivity index (χ3n) is 3.06. The zero-order valence-electron chi connectivity index (χ0n) is 12.2. The van der Waals surface area contributed by atoms with Gasteiger partial charge in [-0.15, -0.1) is 0 Å². The number of para-hydroxylation sites is 1. The molecule has 0 aliphatic rings. The molecule has 0 amide bonds. The number of H-pyrrole nitrogens is 1. The maximum atomic E-state index is 11.4. The summed E-state index contributed by atoms with van der Waals surface area (Å²) in [7, 11) is 5.24. The second-order valence-electron chi connectivity index (χ2n) is 4.77. The van der Waals surface area contributed by atoms with Crippen molar-refractivity contribution in [3.8, 4) is 0 Å². The summed E-state index contributed by atoms with van der Waals surface area (Å²) in [6, 6.07) is 9.26. The smallest absolute Gasteiger partial charge is 0.354 e. The van der Waals surface area contributed by atoms with Crippen LogP contribution in [0.1, 0.15) is 16.2 Å². The van der Waals surface area contributed by atoms with Gasteiger partial charge in [-0.05, 0) is 24.3 Å². The average molecular weight is 308 g/mol. The highest BCUT2D eigenvalue weighted by atomic mass is 35.5. The number of carbonyl (C=O) groups excluding carboxylic acids is 1. The SMILES string of the molecule is COC(=O)c1ccc(CNc2cccc(Cl)c2N(C)C)[nH]1. The van der Waals surface area contributed by atoms with E-state index in [4.69, 9.17) is 11.6 Å². The summed E-state index contributed by atoms with van der Waals surface area (Å²) in [5.74, 6) is -0.377. The Labute approximate surface area is 128 Å². The number of ether oxygens (including phenoxy) is 1. The largest absolute Gasteiger partial charge is 0.464 e. The minimum atomic E-state index is -0.377. The summed E-state index contributed by atoms with van der Waals surface area (Å²) in [6.07, 6.45) is 0. The minimum Gasteiger partial charge on any atom is -0.464 e. The van der Waals surface area contributed by atoms with Gasteiger partial charge >= 0.3 is 5.97 Å². The number of nitrogens with one attached hydrogen (secondary N) is 2. The number of nitrogens with zero attached hydrogens (tertiary/aromatic N) is 1. The number of rotatable bonds is 5. The monoisotopic (exact) mass is 307 g/mol. The molecule has 6 heteroatoms. The topological polar surface area (TPSA) is 57.4 Å². The zero-order valence-corrected chi connectivity index (χ0v) is 13.0. The molecule has 0 bridgehead atoms. The molecular weight excluding hydrogens is 290 g/mol. The molecule has 0 atom stereocenters. The first-order valence-corrected chi connectivity index (χ1v) is 6.86. The molecule has 0 radical (unpaired) electrons. The van der Waals surface area contributed by atoms with Gasteiger partial charge in [0.2, 0.25) is 0 Å². The lowest BCUT2D eigenvalue weighted by atomic mass is 10.2. The van der Waals surface area contributed by atoms with E-state index < -0.39 is 0 Å². The number of hydrogen-bond acceptors (Lipinski definition) is 4. The zero-order chi connectivity index (χ0) is 15.4. The van der Waals surface area contributed by atoms with E-state index in [0.717, 1.165) is 17.1 Å². The lowest BCUT2D eigenvalue weighted by molar-refractivity contribution is 0.0594. The van der Waals surface area contributed by atoms with Crippen LogP contribution in [-0.4, -0.2) is 32.2 Å². The molecule has 0 aliphatic heterocycles. The summed E-state index contributed by atoms with van der Waals surface area (Å²) in [6.45, 7) is 0.554. The number of anilines is 2. The summed E-state index contributed by atoms with van der Waals surface area (Å²) in [4.78, 5) is 16.4. The van der Waals surface area contributed by atoms with E-state index in [2.05, 4.69) is 15.0 Å². The van der Waals surface area contributed by atoms with Gasteiger partial charge in [0.25, 0.3) is 0 Å². The van der Waals surface area contributed by atoms with E-state index in [1.54, 1.807) is 6.07 Å². The molecular formula is C15H18ClN3O2. The number of methoxy groups -OCH3 is 1. The standard InChI is InChI=1S/C15H18ClN3O2/c1-19(2)14-11(16)5-4-6-12(14)17-9-10-7-8-13(18-10)15(20)21-3/h4-8,17-18H,9H2,1-3H3. The molecule has 2 aromatic rings. The first-order chi connectivity index (χ1) is 10.0. The number of halogens is 1. The van der Waals surface area contributed by atoms with Crippen molar-refractivity contribution in [1.29, 1.82) is 0 Å². The maximum absolute atomic E-state index is 11.4. The van der Waals surface area contributed by atoms with E-state index in [1.165, 1.54) is 7.11 Å². The second kappa shape index (κ2) is 6.54. The van der Waals surface area contributed by atoms with Gasteiger partial charge in [-0.1, -0.05) is 17.7 Å². The van der Waals surface area contributed by atoms with Gasteiger partial charge in [-0.2, -0.15) is 0 Å². The van der Waals surface area contributed by atoms with Crippen LogP contribution >= 0.6 is 11.6 Å². The molecule has 0 saturated carbocycles. The fourth-order valence-electron chi connectivity index (χ4n) is 2.08. The Morgan fingerprint density at radius 1 is 1.33 bits per heavy atom. The minimum absolute atomic E-state index is 0.377. The lowest BCUT2D eigenvalue weighted by Crippen LogP contribution is -2.13. The Morgan fingerprint density at radius 2 is 2.10 bits per heavy atom. The molecule has 2 N–H and O–H groups in total. The third kappa shape index (κ3) is 3.49. The molecule has 0 saturated heterocycles. The van der Waals surface area contributed by atoms with Gasteiger partial charge in [0, 0.05) is 19.8 Å². The molecule has 112 valence electrons. The van der Waals surface area contributed by atoms with Crippen LogP contribution in [0.15, 0.2) is 30.3 Å². The number of hydrogen-bond donors (Lipinski definition) is 2. The second-order valence-corrected chi connectivity index (χ2v) is 5.18. The summed E-state index contributed by atoms with van der Waals surface area (Å²) in [5.41, 5.74) is 3.19.